The van der Waals surface area contributed by atoms with Crippen molar-refractivity contribution in [3.63, 3.8) is 0 Å². The van der Waals surface area contributed by atoms with Crippen LogP contribution in [-0.2, 0) is 0 Å². The minimum Gasteiger partial charge on any atom is -0.479 e. The molecular weight excluding hydrogens is 422 g/mol. The molecule has 0 aromatic carbocycles. The second-order valence-electron chi connectivity index (χ2n) is 9.16. The van der Waals surface area contributed by atoms with E-state index < -0.39 is 5.60 Å². The summed E-state index contributed by atoms with van der Waals surface area (Å²) in [4.78, 5) is 16.9. The van der Waals surface area contributed by atoms with Crippen LogP contribution in [0.5, 0.6) is 5.88 Å². The van der Waals surface area contributed by atoms with Gasteiger partial charge in [-0.05, 0) is 55.9 Å². The van der Waals surface area contributed by atoms with Gasteiger partial charge in [-0.15, -0.1) is 5.10 Å². The molecule has 0 aliphatic heterocycles. The van der Waals surface area contributed by atoms with Crippen molar-refractivity contribution in [3.05, 3.63) is 42.4 Å². The van der Waals surface area contributed by atoms with E-state index in [1.165, 1.54) is 0 Å². The first-order chi connectivity index (χ1) is 15.9. The third-order valence-electron chi connectivity index (χ3n) is 7.16. The molecule has 4 aromatic rings. The molecule has 1 amide bonds. The van der Waals surface area contributed by atoms with Crippen LogP contribution in [0.2, 0.25) is 0 Å². The Hall–Kier alpha value is -3.66. The summed E-state index contributed by atoms with van der Waals surface area (Å²) in [5.74, 6) is 0.751. The Morgan fingerprint density at radius 2 is 1.97 bits per heavy atom. The van der Waals surface area contributed by atoms with Crippen LogP contribution in [0.15, 0.2) is 36.8 Å². The van der Waals surface area contributed by atoms with Gasteiger partial charge in [0.1, 0.15) is 5.52 Å². The molecule has 2 saturated carbocycles. The minimum absolute atomic E-state index is 0.160. The number of anilines is 1. The molecule has 2 aliphatic carbocycles. The van der Waals surface area contributed by atoms with Crippen molar-refractivity contribution in [2.24, 2.45) is 0 Å². The summed E-state index contributed by atoms with van der Waals surface area (Å²) in [6.45, 7) is 0. The maximum Gasteiger partial charge on any atom is 0.254 e. The molecule has 4 heterocycles. The molecule has 6 rings (SSSR count). The molecule has 0 radical (unpaired) electrons. The van der Waals surface area contributed by atoms with Gasteiger partial charge in [-0.1, -0.05) is 0 Å². The third kappa shape index (κ3) is 3.05. The molecule has 0 saturated heterocycles. The molecule has 4 aromatic heterocycles. The Morgan fingerprint density at radius 3 is 2.67 bits per heavy atom. The average Bonchev–Trinajstić information content (AvgIpc) is 3.58. The van der Waals surface area contributed by atoms with Crippen molar-refractivity contribution >= 4 is 22.9 Å². The number of carbonyl (C=O) groups excluding carboxylic acids is 1. The predicted molar refractivity (Wildman–Crippen MR) is 122 cm³/mol. The Morgan fingerprint density at radius 1 is 1.18 bits per heavy atom. The maximum atomic E-state index is 12.2. The van der Waals surface area contributed by atoms with E-state index in [4.69, 9.17) is 9.84 Å². The molecule has 10 heteroatoms. The summed E-state index contributed by atoms with van der Waals surface area (Å²) in [5.41, 5.74) is 3.02. The number of nitrogens with one attached hydrogen (secondary N) is 2. The quantitative estimate of drug-likeness (QED) is 0.429. The molecule has 10 nitrogen and oxygen atoms in total. The van der Waals surface area contributed by atoms with E-state index in [1.807, 2.05) is 30.6 Å². The predicted octanol–water partition coefficient (Wildman–Crippen LogP) is 2.27. The van der Waals surface area contributed by atoms with Crippen molar-refractivity contribution in [1.29, 1.82) is 0 Å². The van der Waals surface area contributed by atoms with Crippen LogP contribution < -0.4 is 15.4 Å². The fraction of sp³-hybridized carbons (Fsp3) is 0.391. The molecule has 170 valence electrons. The van der Waals surface area contributed by atoms with Gasteiger partial charge in [0, 0.05) is 30.5 Å². The van der Waals surface area contributed by atoms with Crippen LogP contribution in [0.1, 0.15) is 42.5 Å². The van der Waals surface area contributed by atoms with E-state index in [9.17, 15) is 9.90 Å². The number of hydrogen-bond donors (Lipinski definition) is 3. The number of nitrogens with zero attached hydrogens (tertiary/aromatic N) is 5. The number of rotatable bonds is 5. The van der Waals surface area contributed by atoms with Crippen molar-refractivity contribution in [3.8, 4) is 17.0 Å². The summed E-state index contributed by atoms with van der Waals surface area (Å²) in [6.07, 6.45) is 9.41. The van der Waals surface area contributed by atoms with E-state index in [0.29, 0.717) is 22.9 Å². The lowest BCUT2D eigenvalue weighted by atomic mass is 9.93. The minimum atomic E-state index is -0.554. The number of methoxy groups -OCH3 is 1. The zero-order valence-electron chi connectivity index (χ0n) is 18.5. The number of aliphatic hydroxyl groups is 1. The lowest BCUT2D eigenvalue weighted by Crippen LogP contribution is -2.34. The number of fused-ring (bicyclic) bond motifs is 4. The Balaban J connectivity index is 1.41. The first-order valence-electron chi connectivity index (χ1n) is 11.1. The second kappa shape index (κ2) is 6.92. The molecule has 2 aliphatic rings. The second-order valence-corrected chi connectivity index (χ2v) is 9.16. The highest BCUT2D eigenvalue weighted by molar-refractivity contribution is 6.01. The number of pyridine rings is 1. The summed E-state index contributed by atoms with van der Waals surface area (Å²) in [7, 11) is 3.19. The van der Waals surface area contributed by atoms with Gasteiger partial charge in [-0.3, -0.25) is 4.79 Å². The molecule has 2 bridgehead atoms. The van der Waals surface area contributed by atoms with Crippen molar-refractivity contribution in [1.82, 2.24) is 29.5 Å². The van der Waals surface area contributed by atoms with Crippen molar-refractivity contribution < 1.29 is 14.6 Å². The van der Waals surface area contributed by atoms with Gasteiger partial charge >= 0.3 is 0 Å². The van der Waals surface area contributed by atoms with Crippen LogP contribution >= 0.6 is 0 Å². The number of carbonyl (C=O) groups is 1. The first kappa shape index (κ1) is 20.0. The summed E-state index contributed by atoms with van der Waals surface area (Å²) < 4.78 is 9.09. The van der Waals surface area contributed by atoms with Gasteiger partial charge < -0.3 is 20.5 Å². The molecule has 3 N–H and O–H groups in total. The normalized spacial score (nSPS) is 24.0. The van der Waals surface area contributed by atoms with E-state index in [-0.39, 0.29) is 11.4 Å². The highest BCUT2D eigenvalue weighted by atomic mass is 16.5. The number of ether oxygens (including phenoxy) is 1. The van der Waals surface area contributed by atoms with Crippen LogP contribution in [0.3, 0.4) is 0 Å². The average molecular weight is 447 g/mol. The zero-order valence-corrected chi connectivity index (χ0v) is 18.5. The van der Waals surface area contributed by atoms with E-state index in [1.54, 1.807) is 29.4 Å². The van der Waals surface area contributed by atoms with Crippen LogP contribution in [0.25, 0.3) is 22.2 Å². The molecule has 0 atom stereocenters. The maximum absolute atomic E-state index is 12.2. The Bertz CT molecular complexity index is 1400. The highest BCUT2D eigenvalue weighted by Crippen LogP contribution is 2.51. The third-order valence-corrected chi connectivity index (χ3v) is 7.16. The van der Waals surface area contributed by atoms with Gasteiger partial charge in [0.05, 0.1) is 30.0 Å². The highest BCUT2D eigenvalue weighted by Gasteiger charge is 2.53. The summed E-state index contributed by atoms with van der Waals surface area (Å²) in [5, 5.41) is 25.7. The number of amides is 1. The van der Waals surface area contributed by atoms with Gasteiger partial charge in [0.25, 0.3) is 5.91 Å². The molecule has 0 unspecified atom stereocenters. The standard InChI is InChI=1S/C23H25N7O3/c1-24-19(31)16-12-25-29-9-3-14(11-17(16)29)15-4-10-30-18(15)20(33-2)26-21(28-30)27-22-5-7-23(32,13-22)8-6-22/h3-4,9-12,32H,5-8,13H2,1-2H3,(H,24,31)(H,27,28). The monoisotopic (exact) mass is 447 g/mol. The molecule has 0 spiro atoms. The Kier molecular flexibility index (Phi) is 4.19. The fourth-order valence-electron chi connectivity index (χ4n) is 5.46. The van der Waals surface area contributed by atoms with Crippen LogP contribution in [-0.4, -0.2) is 60.5 Å². The molecule has 2 fully saturated rings. The largest absolute Gasteiger partial charge is 0.479 e. The lowest BCUT2D eigenvalue weighted by Gasteiger charge is -2.27. The number of aromatic nitrogens is 5. The van der Waals surface area contributed by atoms with Gasteiger partial charge in [0.2, 0.25) is 11.8 Å². The van der Waals surface area contributed by atoms with Gasteiger partial charge in [-0.25, -0.2) is 9.03 Å². The van der Waals surface area contributed by atoms with Crippen LogP contribution in [0, 0.1) is 0 Å². The fourth-order valence-corrected chi connectivity index (χ4v) is 5.46. The smallest absolute Gasteiger partial charge is 0.254 e. The van der Waals surface area contributed by atoms with Crippen molar-refractivity contribution in [2.75, 3.05) is 19.5 Å². The van der Waals surface area contributed by atoms with Gasteiger partial charge in [0.15, 0.2) is 0 Å². The first-order valence-corrected chi connectivity index (χ1v) is 11.1. The number of hydrogen-bond acceptors (Lipinski definition) is 7. The Labute approximate surface area is 189 Å². The van der Waals surface area contributed by atoms with E-state index in [2.05, 4.69) is 20.7 Å². The van der Waals surface area contributed by atoms with Crippen LogP contribution in [0.4, 0.5) is 5.95 Å². The topological polar surface area (TPSA) is 118 Å². The molecule has 33 heavy (non-hydrogen) atoms. The van der Waals surface area contributed by atoms with Gasteiger partial charge in [-0.2, -0.15) is 10.1 Å². The SMILES string of the molecule is CNC(=O)c1cnn2ccc(-c3ccn4nc(NC56CCC(O)(CC5)C6)nc(OC)c34)cc12. The van der Waals surface area contributed by atoms with E-state index >= 15 is 0 Å². The molecular formula is C23H25N7O3. The summed E-state index contributed by atoms with van der Waals surface area (Å²) in [6, 6.07) is 5.82. The van der Waals surface area contributed by atoms with E-state index in [0.717, 1.165) is 48.7 Å². The zero-order chi connectivity index (χ0) is 22.8. The van der Waals surface area contributed by atoms with Crippen molar-refractivity contribution in [2.45, 2.75) is 43.2 Å². The summed E-state index contributed by atoms with van der Waals surface area (Å²) >= 11 is 0. The lowest BCUT2D eigenvalue weighted by molar-refractivity contribution is 0.0521.